The van der Waals surface area contributed by atoms with Crippen molar-refractivity contribution in [2.24, 2.45) is 0 Å². The van der Waals surface area contributed by atoms with E-state index in [4.69, 9.17) is 0 Å². The Balaban J connectivity index is -0.0000000326. The van der Waals surface area contributed by atoms with E-state index in [2.05, 4.69) is 0 Å². The summed E-state index contributed by atoms with van der Waals surface area (Å²) in [5.74, 6) is 0. The van der Waals surface area contributed by atoms with Crippen LogP contribution in [0.4, 0.5) is 24.7 Å². The van der Waals surface area contributed by atoms with E-state index in [1.807, 2.05) is 0 Å². The molecule has 0 rings (SSSR count). The van der Waals surface area contributed by atoms with Crippen molar-refractivity contribution in [1.29, 1.82) is 0 Å². The monoisotopic (exact) mass is 208 g/mol. The average Bonchev–Trinajstić information content (AvgIpc) is 1.27. The van der Waals surface area contributed by atoms with Crippen LogP contribution in [0.3, 0.4) is 0 Å². The fourth-order valence-corrected chi connectivity index (χ4v) is 0. The summed E-state index contributed by atoms with van der Waals surface area (Å²) in [6, 6.07) is 0. The zero-order valence-corrected chi connectivity index (χ0v) is 5.60. The van der Waals surface area contributed by atoms with Gasteiger partial charge in [0.1, 0.15) is 0 Å². The van der Waals surface area contributed by atoms with Crippen molar-refractivity contribution in [1.82, 2.24) is 0 Å². The summed E-state index contributed by atoms with van der Waals surface area (Å²) >= 11 is -1.75. The molecular formula is CF7FeLi. The zero-order chi connectivity index (χ0) is 7.21. The molecule has 0 spiro atoms. The summed E-state index contributed by atoms with van der Waals surface area (Å²) in [6.07, 6.45) is -5.50. The van der Waals surface area contributed by atoms with Crippen LogP contribution in [0.25, 0.3) is 0 Å². The predicted octanol–water partition coefficient (Wildman–Crippen LogP) is -3.68. The van der Waals surface area contributed by atoms with Gasteiger partial charge in [-0.05, 0) is 0 Å². The van der Waals surface area contributed by atoms with Crippen LogP contribution in [0.5, 0.6) is 0 Å². The van der Waals surface area contributed by atoms with Crippen molar-refractivity contribution in [2.45, 2.75) is 6.43 Å². The molecule has 0 fully saturated rings. The van der Waals surface area contributed by atoms with Crippen molar-refractivity contribution in [2.75, 3.05) is 0 Å². The van der Waals surface area contributed by atoms with Crippen molar-refractivity contribution < 1.29 is 64.1 Å². The van der Waals surface area contributed by atoms with Crippen molar-refractivity contribution in [3.05, 3.63) is 0 Å². The number of rotatable bonds is 0. The topological polar surface area (TPSA) is 0 Å². The fraction of sp³-hybridized carbons (Fsp3) is 1.00. The van der Waals surface area contributed by atoms with Gasteiger partial charge >= 0.3 is 48.3 Å². The van der Waals surface area contributed by atoms with Crippen LogP contribution in [-0.4, -0.2) is 6.43 Å². The van der Waals surface area contributed by atoms with Crippen molar-refractivity contribution >= 4 is 0 Å². The van der Waals surface area contributed by atoms with Gasteiger partial charge in [-0.2, -0.15) is 0 Å². The predicted molar refractivity (Wildman–Crippen MR) is 9.38 cm³/mol. The standard InChI is InChI=1S/CF4.3FH.Fe.Li/c2-1(3,4)5;;;;;/h;3*1H;;/q;;;;+2;+1/p-3. The minimum absolute atomic E-state index is 0. The molecule has 9 heteroatoms. The van der Waals surface area contributed by atoms with Gasteiger partial charge in [0.05, 0.1) is 0 Å². The average molecular weight is 208 g/mol. The first-order chi connectivity index (χ1) is 3.41. The molecule has 0 bridgehead atoms. The number of halogens is 7. The number of hydrogen-bond acceptors (Lipinski definition) is 0. The van der Waals surface area contributed by atoms with E-state index in [1.54, 1.807) is 0 Å². The van der Waals surface area contributed by atoms with E-state index < -0.39 is 22.3 Å². The van der Waals surface area contributed by atoms with Gasteiger partial charge < -0.3 is 4.70 Å². The van der Waals surface area contributed by atoms with Gasteiger partial charge in [0, 0.05) is 0 Å². The Hall–Kier alpha value is 0.627. The third-order valence-electron chi connectivity index (χ3n) is 0. The van der Waals surface area contributed by atoms with E-state index in [9.17, 15) is 24.7 Å². The number of hydrogen-bond donors (Lipinski definition) is 0. The second kappa shape index (κ2) is 12.3. The van der Waals surface area contributed by atoms with Gasteiger partial charge in [0.25, 0.3) is 0 Å². The molecule has 0 atom stereocenters. The largest absolute Gasteiger partial charge is 1.00 e. The molecule has 0 nitrogen and oxygen atoms in total. The summed E-state index contributed by atoms with van der Waals surface area (Å²) in [4.78, 5) is 0. The van der Waals surface area contributed by atoms with Gasteiger partial charge in [-0.1, -0.05) is 0 Å². The maximum absolute atomic E-state index is 9.69. The summed E-state index contributed by atoms with van der Waals surface area (Å²) < 4.78 is 58.0. The first kappa shape index (κ1) is 22.4. The van der Waals surface area contributed by atoms with Crippen LogP contribution >= 0.6 is 0 Å². The third-order valence-corrected chi connectivity index (χ3v) is 0. The molecule has 0 aromatic heterocycles. The second-order valence-corrected chi connectivity index (χ2v) is 0.637. The first-order valence-electron chi connectivity index (χ1n) is 1.02. The first-order valence-corrected chi connectivity index (χ1v) is 1.86. The molecule has 0 aromatic carbocycles. The van der Waals surface area contributed by atoms with Gasteiger partial charge in [-0.3, -0.25) is 0 Å². The molecule has 10 heavy (non-hydrogen) atoms. The van der Waals surface area contributed by atoms with Gasteiger partial charge in [0.2, 0.25) is 0 Å². The maximum Gasteiger partial charge on any atom is 1.00 e. The van der Waals surface area contributed by atoms with Crippen LogP contribution in [0.15, 0.2) is 0 Å². The molecule has 0 aliphatic rings. The molecule has 0 amide bonds. The minimum Gasteiger partial charge on any atom is 1.00 e. The Bertz CT molecular complexity index is 37.4. The molecule has 0 heterocycles. The van der Waals surface area contributed by atoms with E-state index in [0.29, 0.717) is 0 Å². The Morgan fingerprint density at radius 3 is 0.900 bits per heavy atom. The maximum atomic E-state index is 9.69. The summed E-state index contributed by atoms with van der Waals surface area (Å²) in [5, 5.41) is 0. The van der Waals surface area contributed by atoms with Crippen LogP contribution < -0.4 is 23.6 Å². The van der Waals surface area contributed by atoms with Crippen LogP contribution in [0.2, 0.25) is 0 Å². The van der Waals surface area contributed by atoms with Crippen LogP contribution in [-0.2, 0) is 15.9 Å². The zero-order valence-electron chi connectivity index (χ0n) is 4.50. The molecule has 0 aromatic rings. The third kappa shape index (κ3) is 1280. The Kier molecular flexibility index (Phi) is 27.6. The summed E-state index contributed by atoms with van der Waals surface area (Å²) in [7, 11) is 0. The van der Waals surface area contributed by atoms with Gasteiger partial charge in [-0.15, -0.1) is 17.6 Å². The minimum atomic E-state index is -5.50. The molecule has 0 aliphatic carbocycles. The van der Waals surface area contributed by atoms with E-state index in [-0.39, 0.29) is 23.6 Å². The SMILES string of the molecule is FC(F)(F)F.[F-].[F][Fe][F].[Li+]. The smallest absolute Gasteiger partial charge is 1.00 e. The molecule has 0 radical (unpaired) electrons. The van der Waals surface area contributed by atoms with E-state index in [0.717, 1.165) is 0 Å². The van der Waals surface area contributed by atoms with E-state index in [1.165, 1.54) is 0 Å². The molecular weight excluding hydrogens is 208 g/mol. The number of alkyl halides is 4. The molecule has 0 aliphatic heterocycles. The summed E-state index contributed by atoms with van der Waals surface area (Å²) in [5.41, 5.74) is 0. The normalized spacial score (nSPS) is 8.20. The second-order valence-electron chi connectivity index (χ2n) is 0.479. The summed E-state index contributed by atoms with van der Waals surface area (Å²) in [6.45, 7) is 0. The van der Waals surface area contributed by atoms with Crippen molar-refractivity contribution in [3.63, 3.8) is 0 Å². The van der Waals surface area contributed by atoms with Gasteiger partial charge in [0.15, 0.2) is 0 Å². The van der Waals surface area contributed by atoms with E-state index >= 15 is 0 Å². The van der Waals surface area contributed by atoms with Crippen molar-refractivity contribution in [3.8, 4) is 0 Å². The van der Waals surface area contributed by atoms with Crippen LogP contribution in [0, 0.1) is 0 Å². The molecule has 0 saturated heterocycles. The molecule has 0 N–H and O–H groups in total. The Morgan fingerprint density at radius 2 is 0.900 bits per heavy atom. The molecule has 0 saturated carbocycles. The fourth-order valence-electron chi connectivity index (χ4n) is 0. The Labute approximate surface area is 71.0 Å². The molecule has 62 valence electrons. The van der Waals surface area contributed by atoms with Gasteiger partial charge in [-0.25, -0.2) is 0 Å². The van der Waals surface area contributed by atoms with Crippen LogP contribution in [0.1, 0.15) is 0 Å². The molecule has 0 unspecified atom stereocenters. The quantitative estimate of drug-likeness (QED) is 0.284. The Morgan fingerprint density at radius 1 is 0.900 bits per heavy atom.